The third kappa shape index (κ3) is 8.85. The number of rotatable bonds is 17. The molecule has 0 N–H and O–H groups in total. The minimum absolute atomic E-state index is 0.228. The zero-order chi connectivity index (χ0) is 34.8. The van der Waals surface area contributed by atoms with Crippen molar-refractivity contribution in [2.75, 3.05) is 14.2 Å². The summed E-state index contributed by atoms with van der Waals surface area (Å²) in [6.45, 7) is 13.1. The Morgan fingerprint density at radius 2 is 1.19 bits per heavy atom. The molecule has 8 heteroatoms. The predicted octanol–water partition coefficient (Wildman–Crippen LogP) is 7.73. The van der Waals surface area contributed by atoms with Crippen molar-refractivity contribution in [3.8, 4) is 11.5 Å². The normalized spacial score (nSPS) is 13.6. The SMILES string of the molecule is C=CCCC(CC(C)O[Si](c1ccccc1)(c1ccccc1)C(C)(C)C)S(=O)(=O)N(Cc1ccc(OC)cc1)Cc1ccc(OC)cc1. The molecule has 0 bridgehead atoms. The number of nitrogens with zero attached hydrogens (tertiary/aromatic N) is 1. The van der Waals surface area contributed by atoms with Gasteiger partial charge in [0.25, 0.3) is 8.32 Å². The van der Waals surface area contributed by atoms with Crippen LogP contribution < -0.4 is 19.8 Å². The van der Waals surface area contributed by atoms with Crippen LogP contribution in [0.5, 0.6) is 11.5 Å². The van der Waals surface area contributed by atoms with Crippen molar-refractivity contribution in [1.29, 1.82) is 0 Å². The van der Waals surface area contributed by atoms with Crippen LogP contribution >= 0.6 is 0 Å². The fourth-order valence-electron chi connectivity index (χ4n) is 6.42. The van der Waals surface area contributed by atoms with Gasteiger partial charge in [-0.2, -0.15) is 4.31 Å². The van der Waals surface area contributed by atoms with Gasteiger partial charge >= 0.3 is 0 Å². The molecule has 4 aromatic rings. The molecule has 0 aliphatic rings. The molecule has 0 fully saturated rings. The fraction of sp³-hybridized carbons (Fsp3) is 0.350. The van der Waals surface area contributed by atoms with Gasteiger partial charge in [-0.1, -0.05) is 112 Å². The van der Waals surface area contributed by atoms with Crippen molar-refractivity contribution >= 4 is 28.7 Å². The Morgan fingerprint density at radius 1 is 0.750 bits per heavy atom. The van der Waals surface area contributed by atoms with Crippen LogP contribution in [-0.4, -0.2) is 46.6 Å². The van der Waals surface area contributed by atoms with Crippen LogP contribution in [0.25, 0.3) is 0 Å². The van der Waals surface area contributed by atoms with Gasteiger partial charge in [-0.15, -0.1) is 6.58 Å². The lowest BCUT2D eigenvalue weighted by atomic mass is 10.1. The molecule has 2 atom stereocenters. The number of benzene rings is 4. The monoisotopic (exact) mass is 685 g/mol. The topological polar surface area (TPSA) is 65.1 Å². The molecule has 0 amide bonds. The molecule has 48 heavy (non-hydrogen) atoms. The van der Waals surface area contributed by atoms with Crippen LogP contribution in [0, 0.1) is 0 Å². The zero-order valence-electron chi connectivity index (χ0n) is 29.3. The van der Waals surface area contributed by atoms with E-state index in [0.29, 0.717) is 19.3 Å². The number of ether oxygens (including phenoxy) is 2. The highest BCUT2D eigenvalue weighted by Gasteiger charge is 2.51. The quantitative estimate of drug-likeness (QED) is 0.0841. The Kier molecular flexibility index (Phi) is 12.9. The molecule has 0 heterocycles. The average Bonchev–Trinajstić information content (AvgIpc) is 3.09. The number of hydrogen-bond donors (Lipinski definition) is 0. The van der Waals surface area contributed by atoms with Gasteiger partial charge in [-0.3, -0.25) is 0 Å². The summed E-state index contributed by atoms with van der Waals surface area (Å²) in [7, 11) is -3.47. The molecule has 4 aromatic carbocycles. The summed E-state index contributed by atoms with van der Waals surface area (Å²) in [5.41, 5.74) is 1.76. The van der Waals surface area contributed by atoms with E-state index in [-0.39, 0.29) is 24.2 Å². The molecule has 0 aromatic heterocycles. The van der Waals surface area contributed by atoms with Gasteiger partial charge in [0.2, 0.25) is 10.0 Å². The zero-order valence-corrected chi connectivity index (χ0v) is 31.1. The minimum atomic E-state index is -3.82. The van der Waals surface area contributed by atoms with Crippen LogP contribution in [0.2, 0.25) is 5.04 Å². The van der Waals surface area contributed by atoms with Crippen molar-refractivity contribution in [2.45, 2.75) is 76.4 Å². The van der Waals surface area contributed by atoms with Gasteiger partial charge in [-0.05, 0) is 77.0 Å². The second kappa shape index (κ2) is 16.6. The highest BCUT2D eigenvalue weighted by molar-refractivity contribution is 7.89. The molecule has 6 nitrogen and oxygen atoms in total. The Labute approximate surface area is 289 Å². The second-order valence-corrected chi connectivity index (χ2v) is 19.8. The number of methoxy groups -OCH3 is 2. The van der Waals surface area contributed by atoms with E-state index < -0.39 is 23.6 Å². The summed E-state index contributed by atoms with van der Waals surface area (Å²) in [6, 6.07) is 36.1. The molecule has 4 rings (SSSR count). The van der Waals surface area contributed by atoms with Gasteiger partial charge in [0.1, 0.15) is 11.5 Å². The predicted molar refractivity (Wildman–Crippen MR) is 200 cm³/mol. The Balaban J connectivity index is 1.72. The molecular formula is C40H51NO5SSi. The summed E-state index contributed by atoms with van der Waals surface area (Å²) >= 11 is 0. The molecule has 0 saturated carbocycles. The Hall–Kier alpha value is -3.69. The third-order valence-electron chi connectivity index (χ3n) is 8.90. The van der Waals surface area contributed by atoms with Crippen LogP contribution in [0.4, 0.5) is 0 Å². The third-order valence-corrected chi connectivity index (χ3v) is 16.3. The van der Waals surface area contributed by atoms with Crippen LogP contribution in [-0.2, 0) is 27.5 Å². The summed E-state index contributed by atoms with van der Waals surface area (Å²) < 4.78 is 49.3. The maximum atomic E-state index is 14.8. The van der Waals surface area contributed by atoms with Crippen LogP contribution in [0.3, 0.4) is 0 Å². The van der Waals surface area contributed by atoms with E-state index in [1.54, 1.807) is 24.6 Å². The maximum absolute atomic E-state index is 14.8. The first kappa shape index (κ1) is 37.1. The summed E-state index contributed by atoms with van der Waals surface area (Å²) in [4.78, 5) is 0. The first-order chi connectivity index (χ1) is 22.9. The van der Waals surface area contributed by atoms with Crippen molar-refractivity contribution in [1.82, 2.24) is 4.31 Å². The van der Waals surface area contributed by atoms with Gasteiger partial charge in [0.15, 0.2) is 0 Å². The highest BCUT2D eigenvalue weighted by Crippen LogP contribution is 2.38. The highest BCUT2D eigenvalue weighted by atomic mass is 32.2. The summed E-state index contributed by atoms with van der Waals surface area (Å²) in [5, 5.41) is 1.43. The van der Waals surface area contributed by atoms with E-state index >= 15 is 0 Å². The lowest BCUT2D eigenvalue weighted by Crippen LogP contribution is -2.67. The lowest BCUT2D eigenvalue weighted by Gasteiger charge is -2.45. The molecule has 0 aliphatic carbocycles. The molecule has 256 valence electrons. The number of sulfonamides is 1. The first-order valence-corrected chi connectivity index (χ1v) is 20.0. The van der Waals surface area contributed by atoms with Crippen molar-refractivity contribution in [3.05, 3.63) is 133 Å². The average molecular weight is 686 g/mol. The molecular weight excluding hydrogens is 635 g/mol. The molecule has 0 spiro atoms. The number of allylic oxidation sites excluding steroid dienone is 1. The summed E-state index contributed by atoms with van der Waals surface area (Å²) in [5.74, 6) is 1.45. The standard InChI is InChI=1S/C40H51NO5SSi/c1-8-9-16-37(29-32(2)46-48(40(3,4)5,38-17-12-10-13-18-38)39-19-14-11-15-20-39)47(42,43)41(30-33-21-25-35(44-6)26-22-33)31-34-23-27-36(45-7)28-24-34/h8,10-15,17-28,32,37H,1,9,16,29-31H2,2-7H3. The van der Waals surface area contributed by atoms with Crippen molar-refractivity contribution in [3.63, 3.8) is 0 Å². The minimum Gasteiger partial charge on any atom is -0.497 e. The van der Waals surface area contributed by atoms with E-state index in [9.17, 15) is 8.42 Å². The van der Waals surface area contributed by atoms with E-state index in [0.717, 1.165) is 22.6 Å². The van der Waals surface area contributed by atoms with Gasteiger partial charge in [0, 0.05) is 19.2 Å². The van der Waals surface area contributed by atoms with Crippen LogP contribution in [0.15, 0.2) is 122 Å². The van der Waals surface area contributed by atoms with Gasteiger partial charge in [-0.25, -0.2) is 8.42 Å². The van der Waals surface area contributed by atoms with Crippen LogP contribution in [0.1, 0.15) is 58.1 Å². The van der Waals surface area contributed by atoms with Crippen molar-refractivity contribution in [2.24, 2.45) is 0 Å². The molecule has 0 aliphatic heterocycles. The summed E-state index contributed by atoms with van der Waals surface area (Å²) in [6.07, 6.45) is 2.83. The first-order valence-electron chi connectivity index (χ1n) is 16.6. The van der Waals surface area contributed by atoms with Gasteiger partial charge < -0.3 is 13.9 Å². The molecule has 0 radical (unpaired) electrons. The van der Waals surface area contributed by atoms with Gasteiger partial charge in [0.05, 0.1) is 19.5 Å². The number of hydrogen-bond acceptors (Lipinski definition) is 5. The Morgan fingerprint density at radius 3 is 1.56 bits per heavy atom. The lowest BCUT2D eigenvalue weighted by molar-refractivity contribution is 0.192. The molecule has 2 unspecified atom stereocenters. The Bertz CT molecular complexity index is 1580. The van der Waals surface area contributed by atoms with E-state index in [2.05, 4.69) is 75.9 Å². The van der Waals surface area contributed by atoms with Crippen molar-refractivity contribution < 1.29 is 22.3 Å². The fourth-order valence-corrected chi connectivity index (χ4v) is 13.2. The van der Waals surface area contributed by atoms with E-state index in [1.165, 1.54) is 10.4 Å². The molecule has 0 saturated heterocycles. The maximum Gasteiger partial charge on any atom is 0.261 e. The smallest absolute Gasteiger partial charge is 0.261 e. The second-order valence-electron chi connectivity index (χ2n) is 13.3. The largest absolute Gasteiger partial charge is 0.497 e. The van der Waals surface area contributed by atoms with E-state index in [4.69, 9.17) is 13.9 Å². The van der Waals surface area contributed by atoms with E-state index in [1.807, 2.05) is 67.6 Å².